The molecule has 1 amide bonds. The first-order valence-electron chi connectivity index (χ1n) is 6.56. The lowest BCUT2D eigenvalue weighted by Gasteiger charge is -2.06. The number of amides is 1. The Morgan fingerprint density at radius 2 is 2.33 bits per heavy atom. The molecular weight excluding hydrogens is 268 g/mol. The smallest absolute Gasteiger partial charge is 0.252 e. The molecule has 0 aliphatic rings. The van der Waals surface area contributed by atoms with Gasteiger partial charge in [-0.25, -0.2) is 0 Å². The number of carbonyl (C=O) groups excluding carboxylic acids is 1. The van der Waals surface area contributed by atoms with E-state index in [1.54, 1.807) is 35.5 Å². The standard InChI is InChI=1S/C14H16N6O/c15-5-1-3-12-11-16-7-4-13(12)14(21)17-6-2-9-20-10-8-18-19-20/h4,7-8,10-11H,2,5-6,9,15H2,(H,17,21). The first-order valence-corrected chi connectivity index (χ1v) is 6.56. The molecule has 0 aliphatic carbocycles. The molecule has 0 radical (unpaired) electrons. The summed E-state index contributed by atoms with van der Waals surface area (Å²) in [6.07, 6.45) is 7.30. The second-order valence-corrected chi connectivity index (χ2v) is 4.20. The minimum Gasteiger partial charge on any atom is -0.352 e. The van der Waals surface area contributed by atoms with Crippen molar-refractivity contribution in [2.45, 2.75) is 13.0 Å². The molecule has 3 N–H and O–H groups in total. The van der Waals surface area contributed by atoms with Gasteiger partial charge in [0.2, 0.25) is 0 Å². The zero-order valence-electron chi connectivity index (χ0n) is 11.5. The molecule has 0 unspecified atom stereocenters. The van der Waals surface area contributed by atoms with Crippen LogP contribution in [0.15, 0.2) is 30.9 Å². The van der Waals surface area contributed by atoms with Crippen LogP contribution >= 0.6 is 0 Å². The summed E-state index contributed by atoms with van der Waals surface area (Å²) < 4.78 is 1.72. The van der Waals surface area contributed by atoms with Crippen LogP contribution in [-0.4, -0.2) is 39.0 Å². The third-order valence-electron chi connectivity index (χ3n) is 2.71. The van der Waals surface area contributed by atoms with Gasteiger partial charge in [-0.1, -0.05) is 17.1 Å². The van der Waals surface area contributed by atoms with E-state index in [0.29, 0.717) is 24.2 Å². The monoisotopic (exact) mass is 284 g/mol. The van der Waals surface area contributed by atoms with Gasteiger partial charge >= 0.3 is 0 Å². The van der Waals surface area contributed by atoms with Crippen molar-refractivity contribution in [1.29, 1.82) is 0 Å². The highest BCUT2D eigenvalue weighted by atomic mass is 16.1. The minimum atomic E-state index is -0.169. The van der Waals surface area contributed by atoms with Crippen LogP contribution in [0.3, 0.4) is 0 Å². The fourth-order valence-corrected chi connectivity index (χ4v) is 1.73. The number of hydrogen-bond donors (Lipinski definition) is 2. The van der Waals surface area contributed by atoms with Gasteiger partial charge in [-0.15, -0.1) is 5.10 Å². The number of hydrogen-bond acceptors (Lipinski definition) is 5. The summed E-state index contributed by atoms with van der Waals surface area (Å²) >= 11 is 0. The molecule has 0 aromatic carbocycles. The first-order chi connectivity index (χ1) is 10.3. The van der Waals surface area contributed by atoms with Crippen LogP contribution in [-0.2, 0) is 6.54 Å². The molecule has 108 valence electrons. The summed E-state index contributed by atoms with van der Waals surface area (Å²) in [6, 6.07) is 1.65. The topological polar surface area (TPSA) is 98.7 Å². The molecule has 2 aromatic heterocycles. The van der Waals surface area contributed by atoms with E-state index in [-0.39, 0.29) is 12.5 Å². The average molecular weight is 284 g/mol. The Kier molecular flexibility index (Phi) is 5.43. The van der Waals surface area contributed by atoms with Crippen LogP contribution in [0, 0.1) is 11.8 Å². The molecular formula is C14H16N6O. The van der Waals surface area contributed by atoms with Gasteiger partial charge in [-0.05, 0) is 12.5 Å². The number of carbonyl (C=O) groups is 1. The van der Waals surface area contributed by atoms with Gasteiger partial charge in [-0.3, -0.25) is 14.5 Å². The summed E-state index contributed by atoms with van der Waals surface area (Å²) in [5, 5.41) is 10.4. The van der Waals surface area contributed by atoms with Gasteiger partial charge in [0.1, 0.15) is 0 Å². The van der Waals surface area contributed by atoms with Crippen molar-refractivity contribution in [3.8, 4) is 11.8 Å². The lowest BCUT2D eigenvalue weighted by Crippen LogP contribution is -2.26. The van der Waals surface area contributed by atoms with E-state index in [9.17, 15) is 4.79 Å². The quantitative estimate of drug-likeness (QED) is 0.585. The van der Waals surface area contributed by atoms with E-state index in [1.165, 1.54) is 0 Å². The van der Waals surface area contributed by atoms with Crippen molar-refractivity contribution in [1.82, 2.24) is 25.3 Å². The van der Waals surface area contributed by atoms with E-state index in [4.69, 9.17) is 5.73 Å². The molecule has 0 atom stereocenters. The third-order valence-corrected chi connectivity index (χ3v) is 2.71. The Hall–Kier alpha value is -2.72. The maximum absolute atomic E-state index is 12.1. The number of pyridine rings is 1. The van der Waals surface area contributed by atoms with E-state index in [2.05, 4.69) is 32.5 Å². The lowest BCUT2D eigenvalue weighted by atomic mass is 10.1. The molecule has 0 spiro atoms. The predicted octanol–water partition coefficient (Wildman–Crippen LogP) is -0.197. The summed E-state index contributed by atoms with van der Waals surface area (Å²) in [5.74, 6) is 5.40. The Labute approximate surface area is 122 Å². The summed E-state index contributed by atoms with van der Waals surface area (Å²) in [7, 11) is 0. The normalized spacial score (nSPS) is 9.76. The third kappa shape index (κ3) is 4.40. The van der Waals surface area contributed by atoms with E-state index in [0.717, 1.165) is 6.42 Å². The zero-order chi connectivity index (χ0) is 14.9. The fourth-order valence-electron chi connectivity index (χ4n) is 1.73. The second-order valence-electron chi connectivity index (χ2n) is 4.20. The summed E-state index contributed by atoms with van der Waals surface area (Å²) in [4.78, 5) is 16.1. The van der Waals surface area contributed by atoms with Gasteiger partial charge in [0, 0.05) is 31.7 Å². The van der Waals surface area contributed by atoms with Crippen molar-refractivity contribution in [2.24, 2.45) is 5.73 Å². The molecule has 2 rings (SSSR count). The van der Waals surface area contributed by atoms with Gasteiger partial charge in [-0.2, -0.15) is 0 Å². The minimum absolute atomic E-state index is 0.169. The van der Waals surface area contributed by atoms with Gasteiger partial charge in [0.25, 0.3) is 5.91 Å². The number of nitrogens with zero attached hydrogens (tertiary/aromatic N) is 4. The van der Waals surface area contributed by atoms with Crippen LogP contribution in [0.1, 0.15) is 22.3 Å². The highest BCUT2D eigenvalue weighted by molar-refractivity contribution is 5.96. The molecule has 7 nitrogen and oxygen atoms in total. The maximum Gasteiger partial charge on any atom is 0.252 e. The number of rotatable bonds is 5. The molecule has 21 heavy (non-hydrogen) atoms. The maximum atomic E-state index is 12.1. The first kappa shape index (κ1) is 14.7. The molecule has 0 saturated carbocycles. The van der Waals surface area contributed by atoms with Crippen LogP contribution in [0.25, 0.3) is 0 Å². The summed E-state index contributed by atoms with van der Waals surface area (Å²) in [5.41, 5.74) is 6.43. The highest BCUT2D eigenvalue weighted by Crippen LogP contribution is 2.05. The number of nitrogens with one attached hydrogen (secondary N) is 1. The second kappa shape index (κ2) is 7.77. The van der Waals surface area contributed by atoms with Crippen LogP contribution < -0.4 is 11.1 Å². The van der Waals surface area contributed by atoms with Crippen LogP contribution in [0.5, 0.6) is 0 Å². The average Bonchev–Trinajstić information content (AvgIpc) is 3.03. The Morgan fingerprint density at radius 3 is 3.10 bits per heavy atom. The van der Waals surface area contributed by atoms with Gasteiger partial charge in [0.15, 0.2) is 0 Å². The summed E-state index contributed by atoms with van der Waals surface area (Å²) in [6.45, 7) is 1.50. The molecule has 2 heterocycles. The largest absolute Gasteiger partial charge is 0.352 e. The van der Waals surface area contributed by atoms with Crippen molar-refractivity contribution in [3.63, 3.8) is 0 Å². The van der Waals surface area contributed by atoms with Crippen molar-refractivity contribution >= 4 is 5.91 Å². The van der Waals surface area contributed by atoms with Gasteiger partial charge in [0.05, 0.1) is 23.9 Å². The molecule has 7 heteroatoms. The highest BCUT2D eigenvalue weighted by Gasteiger charge is 2.09. The fraction of sp³-hybridized carbons (Fsp3) is 0.286. The van der Waals surface area contributed by atoms with Crippen molar-refractivity contribution in [2.75, 3.05) is 13.1 Å². The van der Waals surface area contributed by atoms with Gasteiger partial charge < -0.3 is 11.1 Å². The van der Waals surface area contributed by atoms with Crippen LogP contribution in [0.4, 0.5) is 0 Å². The lowest BCUT2D eigenvalue weighted by molar-refractivity contribution is 0.0952. The molecule has 0 aliphatic heterocycles. The van der Waals surface area contributed by atoms with Crippen molar-refractivity contribution in [3.05, 3.63) is 42.0 Å². The number of aromatic nitrogens is 4. The van der Waals surface area contributed by atoms with E-state index >= 15 is 0 Å². The number of nitrogens with two attached hydrogens (primary N) is 1. The Bertz CT molecular complexity index is 641. The molecule has 0 saturated heterocycles. The van der Waals surface area contributed by atoms with E-state index in [1.807, 2.05) is 0 Å². The SMILES string of the molecule is NCC#Cc1cnccc1C(=O)NCCCn1ccnn1. The molecule has 0 fully saturated rings. The van der Waals surface area contributed by atoms with E-state index < -0.39 is 0 Å². The Balaban J connectivity index is 1.88. The number of aryl methyl sites for hydroxylation is 1. The molecule has 0 bridgehead atoms. The predicted molar refractivity (Wildman–Crippen MR) is 77.1 cm³/mol. The zero-order valence-corrected chi connectivity index (χ0v) is 11.5. The van der Waals surface area contributed by atoms with Crippen LogP contribution in [0.2, 0.25) is 0 Å². The van der Waals surface area contributed by atoms with Crippen molar-refractivity contribution < 1.29 is 4.79 Å². The Morgan fingerprint density at radius 1 is 1.43 bits per heavy atom. The molecule has 2 aromatic rings.